The second-order valence-electron chi connectivity index (χ2n) is 7.66. The van der Waals surface area contributed by atoms with E-state index in [4.69, 9.17) is 10.2 Å². The van der Waals surface area contributed by atoms with Crippen LogP contribution in [-0.2, 0) is 0 Å². The molecule has 1 fully saturated rings. The number of hydrogen-bond donors (Lipinski definition) is 1. The summed E-state index contributed by atoms with van der Waals surface area (Å²) in [5, 5.41) is 1.21. The van der Waals surface area contributed by atoms with Crippen molar-refractivity contribution in [2.45, 2.75) is 46.0 Å². The fraction of sp³-hybridized carbons (Fsp3) is 0.579. The summed E-state index contributed by atoms with van der Waals surface area (Å²) in [4.78, 5) is 0. The van der Waals surface area contributed by atoms with Crippen molar-refractivity contribution in [1.29, 1.82) is 0 Å². The highest BCUT2D eigenvalue weighted by Gasteiger charge is 2.37. The molecular formula is C19H27NO. The molecular weight excluding hydrogens is 258 g/mol. The first kappa shape index (κ1) is 14.6. The van der Waals surface area contributed by atoms with Gasteiger partial charge in [-0.05, 0) is 55.2 Å². The number of benzene rings is 1. The van der Waals surface area contributed by atoms with Crippen LogP contribution in [0.5, 0.6) is 0 Å². The van der Waals surface area contributed by atoms with E-state index in [1.165, 1.54) is 24.6 Å². The fourth-order valence-electron chi connectivity index (χ4n) is 3.84. The summed E-state index contributed by atoms with van der Waals surface area (Å²) < 4.78 is 6.15. The van der Waals surface area contributed by atoms with Crippen LogP contribution in [0.25, 0.3) is 11.0 Å². The van der Waals surface area contributed by atoms with Gasteiger partial charge >= 0.3 is 0 Å². The van der Waals surface area contributed by atoms with Gasteiger partial charge in [0.1, 0.15) is 11.3 Å². The van der Waals surface area contributed by atoms with Gasteiger partial charge in [-0.25, -0.2) is 0 Å². The van der Waals surface area contributed by atoms with Crippen LogP contribution >= 0.6 is 0 Å². The molecule has 2 heteroatoms. The molecule has 0 spiro atoms. The number of nitrogens with two attached hydrogens (primary N) is 1. The Labute approximate surface area is 127 Å². The number of fused-ring (bicyclic) bond motifs is 1. The van der Waals surface area contributed by atoms with Gasteiger partial charge in [-0.3, -0.25) is 0 Å². The Kier molecular flexibility index (Phi) is 3.83. The molecule has 0 aliphatic heterocycles. The largest absolute Gasteiger partial charge is 0.461 e. The van der Waals surface area contributed by atoms with Crippen molar-refractivity contribution in [2.24, 2.45) is 23.0 Å². The van der Waals surface area contributed by atoms with Crippen molar-refractivity contribution in [1.82, 2.24) is 0 Å². The first-order chi connectivity index (χ1) is 9.99. The van der Waals surface area contributed by atoms with Gasteiger partial charge in [0, 0.05) is 11.3 Å². The van der Waals surface area contributed by atoms with Crippen LogP contribution < -0.4 is 5.73 Å². The number of furan rings is 1. The normalized spacial score (nSPS) is 27.1. The second-order valence-corrected chi connectivity index (χ2v) is 7.66. The smallest absolute Gasteiger partial charge is 0.134 e. The van der Waals surface area contributed by atoms with Crippen LogP contribution in [0.2, 0.25) is 0 Å². The Hall–Kier alpha value is -1.28. The molecule has 3 rings (SSSR count). The number of para-hydroxylation sites is 1. The average molecular weight is 285 g/mol. The van der Waals surface area contributed by atoms with Gasteiger partial charge in [-0.15, -0.1) is 0 Å². The van der Waals surface area contributed by atoms with Gasteiger partial charge in [0.15, 0.2) is 0 Å². The third kappa shape index (κ3) is 2.87. The van der Waals surface area contributed by atoms with E-state index in [1.807, 2.05) is 6.07 Å². The van der Waals surface area contributed by atoms with Crippen LogP contribution in [0.4, 0.5) is 0 Å². The molecule has 1 aliphatic carbocycles. The molecule has 2 nitrogen and oxygen atoms in total. The van der Waals surface area contributed by atoms with Crippen molar-refractivity contribution in [3.05, 3.63) is 36.1 Å². The highest BCUT2D eigenvalue weighted by Crippen LogP contribution is 2.47. The van der Waals surface area contributed by atoms with E-state index in [-0.39, 0.29) is 0 Å². The zero-order valence-corrected chi connectivity index (χ0v) is 13.4. The molecule has 2 N–H and O–H groups in total. The van der Waals surface area contributed by atoms with Gasteiger partial charge in [0.05, 0.1) is 0 Å². The van der Waals surface area contributed by atoms with Crippen LogP contribution in [0.15, 0.2) is 34.7 Å². The molecule has 114 valence electrons. The van der Waals surface area contributed by atoms with Crippen LogP contribution in [0, 0.1) is 17.3 Å². The van der Waals surface area contributed by atoms with E-state index in [0.717, 1.165) is 23.8 Å². The summed E-state index contributed by atoms with van der Waals surface area (Å²) in [6, 6.07) is 10.5. The molecule has 1 aromatic heterocycles. The first-order valence-corrected chi connectivity index (χ1v) is 8.17. The summed E-state index contributed by atoms with van der Waals surface area (Å²) in [6.07, 6.45) is 3.72. The summed E-state index contributed by atoms with van der Waals surface area (Å²) in [6.45, 7) is 7.83. The van der Waals surface area contributed by atoms with Gasteiger partial charge in [-0.2, -0.15) is 0 Å². The molecule has 1 heterocycles. The lowest BCUT2D eigenvalue weighted by atomic mass is 9.65. The molecule has 1 aliphatic rings. The van der Waals surface area contributed by atoms with Gasteiger partial charge in [0.25, 0.3) is 0 Å². The Bertz CT molecular complexity index is 574. The maximum atomic E-state index is 6.15. The first-order valence-electron chi connectivity index (χ1n) is 8.17. The molecule has 3 unspecified atom stereocenters. The maximum absolute atomic E-state index is 6.15. The molecule has 2 aromatic rings. The van der Waals surface area contributed by atoms with E-state index < -0.39 is 0 Å². The van der Waals surface area contributed by atoms with E-state index in [9.17, 15) is 0 Å². The fourth-order valence-corrected chi connectivity index (χ4v) is 3.84. The van der Waals surface area contributed by atoms with Crippen LogP contribution in [0.3, 0.4) is 0 Å². The number of rotatable bonds is 2. The van der Waals surface area contributed by atoms with Crippen molar-refractivity contribution < 1.29 is 4.42 Å². The monoisotopic (exact) mass is 285 g/mol. The van der Waals surface area contributed by atoms with Crippen molar-refractivity contribution in [3.63, 3.8) is 0 Å². The lowest BCUT2D eigenvalue weighted by molar-refractivity contribution is 0.125. The lowest BCUT2D eigenvalue weighted by Gasteiger charge is -2.40. The van der Waals surface area contributed by atoms with E-state index in [2.05, 4.69) is 45.0 Å². The molecule has 0 bridgehead atoms. The molecule has 1 aromatic carbocycles. The standard InChI is InChI=1S/C19H27NO/c1-19(2,3)15-9-8-14(12-20)16(11-15)18-10-13-6-4-5-7-17(13)21-18/h4-7,10,14-16H,8-9,11-12,20H2,1-3H3. The Balaban J connectivity index is 1.92. The topological polar surface area (TPSA) is 39.2 Å². The molecule has 0 saturated heterocycles. The third-order valence-electron chi connectivity index (χ3n) is 5.33. The van der Waals surface area contributed by atoms with Crippen LogP contribution in [0.1, 0.15) is 51.7 Å². The Morgan fingerprint density at radius 1 is 1.19 bits per heavy atom. The maximum Gasteiger partial charge on any atom is 0.134 e. The highest BCUT2D eigenvalue weighted by molar-refractivity contribution is 5.77. The molecule has 21 heavy (non-hydrogen) atoms. The minimum absolute atomic E-state index is 0.365. The highest BCUT2D eigenvalue weighted by atomic mass is 16.3. The molecule has 1 saturated carbocycles. The van der Waals surface area contributed by atoms with Gasteiger partial charge in [0.2, 0.25) is 0 Å². The predicted molar refractivity (Wildman–Crippen MR) is 88.3 cm³/mol. The molecule has 0 amide bonds. The Morgan fingerprint density at radius 3 is 2.62 bits per heavy atom. The summed E-state index contributed by atoms with van der Waals surface area (Å²) in [5.41, 5.74) is 7.40. The minimum Gasteiger partial charge on any atom is -0.461 e. The average Bonchev–Trinajstić information content (AvgIpc) is 2.89. The summed E-state index contributed by atoms with van der Waals surface area (Å²) in [5.74, 6) is 2.92. The third-order valence-corrected chi connectivity index (χ3v) is 5.33. The number of hydrogen-bond acceptors (Lipinski definition) is 2. The van der Waals surface area contributed by atoms with E-state index >= 15 is 0 Å². The predicted octanol–water partition coefficient (Wildman–Crippen LogP) is 4.94. The summed E-state index contributed by atoms with van der Waals surface area (Å²) >= 11 is 0. The molecule has 3 atom stereocenters. The second kappa shape index (κ2) is 5.49. The van der Waals surface area contributed by atoms with Crippen molar-refractivity contribution in [3.8, 4) is 0 Å². The summed E-state index contributed by atoms with van der Waals surface area (Å²) in [7, 11) is 0. The van der Waals surface area contributed by atoms with Crippen LogP contribution in [-0.4, -0.2) is 6.54 Å². The van der Waals surface area contributed by atoms with E-state index in [0.29, 0.717) is 17.3 Å². The zero-order valence-electron chi connectivity index (χ0n) is 13.4. The van der Waals surface area contributed by atoms with Gasteiger partial charge in [-0.1, -0.05) is 39.0 Å². The van der Waals surface area contributed by atoms with Crippen molar-refractivity contribution >= 4 is 11.0 Å². The quantitative estimate of drug-likeness (QED) is 0.849. The SMILES string of the molecule is CC(C)(C)C1CCC(CN)C(c2cc3ccccc3o2)C1. The minimum atomic E-state index is 0.365. The Morgan fingerprint density at radius 2 is 1.95 bits per heavy atom. The van der Waals surface area contributed by atoms with E-state index in [1.54, 1.807) is 0 Å². The van der Waals surface area contributed by atoms with Gasteiger partial charge < -0.3 is 10.2 Å². The zero-order chi connectivity index (χ0) is 15.0. The lowest BCUT2D eigenvalue weighted by Crippen LogP contribution is -2.33. The van der Waals surface area contributed by atoms with Crippen molar-refractivity contribution in [2.75, 3.05) is 6.54 Å². The molecule has 0 radical (unpaired) electrons.